The Hall–Kier alpha value is -0.910. The molecule has 1 N–H and O–H groups in total. The predicted molar refractivity (Wildman–Crippen MR) is 85.7 cm³/mol. The fraction of sp³-hybridized carbons (Fsp3) is 0.625. The largest absolute Gasteiger partial charge is 0.313 e. The van der Waals surface area contributed by atoms with Crippen molar-refractivity contribution in [2.24, 2.45) is 0 Å². The van der Waals surface area contributed by atoms with Crippen LogP contribution in [0.2, 0.25) is 0 Å². The van der Waals surface area contributed by atoms with Crippen LogP contribution >= 0.6 is 0 Å². The van der Waals surface area contributed by atoms with Crippen LogP contribution in [-0.4, -0.2) is 31.9 Å². The highest BCUT2D eigenvalue weighted by Gasteiger charge is 2.35. The van der Waals surface area contributed by atoms with Crippen molar-refractivity contribution < 1.29 is 8.42 Å². The summed E-state index contributed by atoms with van der Waals surface area (Å²) in [5.74, 6) is 0. The van der Waals surface area contributed by atoms with Crippen LogP contribution in [0.5, 0.6) is 0 Å². The number of nitrogens with zero attached hydrogens (tertiary/aromatic N) is 1. The maximum Gasteiger partial charge on any atom is 0.243 e. The van der Waals surface area contributed by atoms with E-state index in [-0.39, 0.29) is 18.1 Å². The zero-order chi connectivity index (χ0) is 15.6. The Balaban J connectivity index is 2.30. The topological polar surface area (TPSA) is 49.4 Å². The van der Waals surface area contributed by atoms with Crippen LogP contribution in [0.25, 0.3) is 0 Å². The van der Waals surface area contributed by atoms with E-state index in [9.17, 15) is 8.42 Å². The van der Waals surface area contributed by atoms with E-state index >= 15 is 0 Å². The Kier molecular flexibility index (Phi) is 5.07. The van der Waals surface area contributed by atoms with Crippen LogP contribution < -0.4 is 5.32 Å². The predicted octanol–water partition coefficient (Wildman–Crippen LogP) is 2.92. The highest BCUT2D eigenvalue weighted by atomic mass is 32.2. The summed E-state index contributed by atoms with van der Waals surface area (Å²) in [5, 5.41) is 3.16. The SMILES string of the molecule is CNC(C)c1ccc(S(=O)(=O)N2C(C)CCCC2C)cc1. The van der Waals surface area contributed by atoms with E-state index in [2.05, 4.69) is 12.2 Å². The van der Waals surface area contributed by atoms with Gasteiger partial charge in [-0.05, 0) is 58.4 Å². The zero-order valence-electron chi connectivity index (χ0n) is 13.3. The standard InChI is InChI=1S/C16H26N2O2S/c1-12-6-5-7-13(2)18(12)21(19,20)16-10-8-15(9-11-16)14(3)17-4/h8-14,17H,5-7H2,1-4H3. The molecule has 4 nitrogen and oxygen atoms in total. The molecule has 0 amide bonds. The number of rotatable bonds is 4. The molecule has 1 heterocycles. The molecule has 21 heavy (non-hydrogen) atoms. The Morgan fingerprint density at radius 2 is 1.67 bits per heavy atom. The lowest BCUT2D eigenvalue weighted by Gasteiger charge is -2.37. The number of piperidine rings is 1. The molecule has 1 fully saturated rings. The lowest BCUT2D eigenvalue weighted by atomic mass is 10.0. The van der Waals surface area contributed by atoms with Gasteiger partial charge in [-0.2, -0.15) is 4.31 Å². The number of benzene rings is 1. The molecule has 3 unspecified atom stereocenters. The molecule has 118 valence electrons. The summed E-state index contributed by atoms with van der Waals surface area (Å²) in [6.07, 6.45) is 2.99. The fourth-order valence-corrected chi connectivity index (χ4v) is 4.97. The summed E-state index contributed by atoms with van der Waals surface area (Å²) >= 11 is 0. The van der Waals surface area contributed by atoms with Crippen molar-refractivity contribution in [3.8, 4) is 0 Å². The van der Waals surface area contributed by atoms with E-state index < -0.39 is 10.0 Å². The molecule has 0 bridgehead atoms. The fourth-order valence-electron chi connectivity index (χ4n) is 3.09. The monoisotopic (exact) mass is 310 g/mol. The second-order valence-corrected chi connectivity index (χ2v) is 7.89. The second-order valence-electron chi connectivity index (χ2n) is 6.04. The van der Waals surface area contributed by atoms with Gasteiger partial charge in [-0.15, -0.1) is 0 Å². The maximum absolute atomic E-state index is 12.9. The van der Waals surface area contributed by atoms with Gasteiger partial charge in [-0.3, -0.25) is 0 Å². The molecule has 0 radical (unpaired) electrons. The highest BCUT2D eigenvalue weighted by molar-refractivity contribution is 7.89. The quantitative estimate of drug-likeness (QED) is 0.930. The molecular formula is C16H26N2O2S. The van der Waals surface area contributed by atoms with Crippen LogP contribution in [0, 0.1) is 0 Å². The van der Waals surface area contributed by atoms with Crippen molar-refractivity contribution in [3.63, 3.8) is 0 Å². The van der Waals surface area contributed by atoms with Gasteiger partial charge in [0.25, 0.3) is 0 Å². The van der Waals surface area contributed by atoms with Crippen LogP contribution in [0.15, 0.2) is 29.2 Å². The van der Waals surface area contributed by atoms with Gasteiger partial charge in [-0.1, -0.05) is 18.6 Å². The molecule has 0 aromatic heterocycles. The first-order valence-corrected chi connectivity index (χ1v) is 9.12. The van der Waals surface area contributed by atoms with E-state index in [0.717, 1.165) is 24.8 Å². The van der Waals surface area contributed by atoms with Gasteiger partial charge in [0.15, 0.2) is 0 Å². The Labute approximate surface area is 128 Å². The van der Waals surface area contributed by atoms with E-state index in [1.165, 1.54) is 0 Å². The van der Waals surface area contributed by atoms with Gasteiger partial charge in [0, 0.05) is 18.1 Å². The smallest absolute Gasteiger partial charge is 0.243 e. The minimum absolute atomic E-state index is 0.0784. The molecule has 1 aliphatic heterocycles. The molecule has 0 spiro atoms. The van der Waals surface area contributed by atoms with Gasteiger partial charge in [-0.25, -0.2) is 8.42 Å². The molecule has 1 aliphatic rings. The highest BCUT2D eigenvalue weighted by Crippen LogP contribution is 2.29. The van der Waals surface area contributed by atoms with Crippen molar-refractivity contribution in [2.75, 3.05) is 7.05 Å². The van der Waals surface area contributed by atoms with E-state index in [1.807, 2.05) is 33.0 Å². The average molecular weight is 310 g/mol. The van der Waals surface area contributed by atoms with Gasteiger partial charge in [0.1, 0.15) is 0 Å². The van der Waals surface area contributed by atoms with E-state index in [4.69, 9.17) is 0 Å². The van der Waals surface area contributed by atoms with Gasteiger partial charge in [0.2, 0.25) is 10.0 Å². The summed E-state index contributed by atoms with van der Waals surface area (Å²) in [7, 11) is -1.50. The van der Waals surface area contributed by atoms with E-state index in [1.54, 1.807) is 16.4 Å². The second kappa shape index (κ2) is 6.46. The molecule has 1 saturated heterocycles. The molecule has 0 aliphatic carbocycles. The minimum Gasteiger partial charge on any atom is -0.313 e. The lowest BCUT2D eigenvalue weighted by molar-refractivity contribution is 0.204. The Morgan fingerprint density at radius 1 is 1.14 bits per heavy atom. The van der Waals surface area contributed by atoms with Crippen LogP contribution in [0.1, 0.15) is 51.6 Å². The van der Waals surface area contributed by atoms with Gasteiger partial charge in [0.05, 0.1) is 4.90 Å². The first kappa shape index (κ1) is 16.5. The first-order chi connectivity index (χ1) is 9.87. The molecule has 1 aromatic carbocycles. The number of nitrogens with one attached hydrogen (secondary N) is 1. The van der Waals surface area contributed by atoms with Gasteiger partial charge < -0.3 is 5.32 Å². The number of sulfonamides is 1. The molecule has 5 heteroatoms. The first-order valence-electron chi connectivity index (χ1n) is 7.68. The van der Waals surface area contributed by atoms with Crippen molar-refractivity contribution in [1.82, 2.24) is 9.62 Å². The Bertz CT molecular complexity index is 558. The molecular weight excluding hydrogens is 284 g/mol. The van der Waals surface area contributed by atoms with Crippen LogP contribution in [0.4, 0.5) is 0 Å². The molecule has 1 aromatic rings. The minimum atomic E-state index is -3.40. The summed E-state index contributed by atoms with van der Waals surface area (Å²) in [6.45, 7) is 6.06. The lowest BCUT2D eigenvalue weighted by Crippen LogP contribution is -2.47. The van der Waals surface area contributed by atoms with Crippen molar-refractivity contribution in [1.29, 1.82) is 0 Å². The summed E-state index contributed by atoms with van der Waals surface area (Å²) in [5.41, 5.74) is 1.09. The molecule has 0 saturated carbocycles. The van der Waals surface area contributed by atoms with Crippen molar-refractivity contribution in [2.45, 2.75) is 63.1 Å². The maximum atomic E-state index is 12.9. The average Bonchev–Trinajstić information content (AvgIpc) is 2.46. The third-order valence-corrected chi connectivity index (χ3v) is 6.64. The van der Waals surface area contributed by atoms with Crippen molar-refractivity contribution in [3.05, 3.63) is 29.8 Å². The normalized spacial score (nSPS) is 25.7. The third-order valence-electron chi connectivity index (χ3n) is 4.50. The third kappa shape index (κ3) is 3.30. The van der Waals surface area contributed by atoms with Gasteiger partial charge >= 0.3 is 0 Å². The van der Waals surface area contributed by atoms with E-state index in [0.29, 0.717) is 4.90 Å². The molecule has 2 rings (SSSR count). The van der Waals surface area contributed by atoms with Crippen LogP contribution in [0.3, 0.4) is 0 Å². The van der Waals surface area contributed by atoms with Crippen LogP contribution in [-0.2, 0) is 10.0 Å². The summed E-state index contributed by atoms with van der Waals surface area (Å²) in [6, 6.07) is 7.62. The summed E-state index contributed by atoms with van der Waals surface area (Å²) in [4.78, 5) is 0.398. The number of hydrogen-bond donors (Lipinski definition) is 1. The number of hydrogen-bond acceptors (Lipinski definition) is 3. The summed E-state index contributed by atoms with van der Waals surface area (Å²) < 4.78 is 27.4. The Morgan fingerprint density at radius 3 is 2.14 bits per heavy atom. The van der Waals surface area contributed by atoms with Crippen molar-refractivity contribution >= 4 is 10.0 Å². The molecule has 3 atom stereocenters. The zero-order valence-corrected chi connectivity index (χ0v) is 14.2.